The van der Waals surface area contributed by atoms with Crippen LogP contribution >= 0.6 is 11.3 Å². The van der Waals surface area contributed by atoms with Crippen LogP contribution in [0.15, 0.2) is 11.4 Å². The summed E-state index contributed by atoms with van der Waals surface area (Å²) in [5.41, 5.74) is 1.11. The van der Waals surface area contributed by atoms with E-state index in [4.69, 9.17) is 4.74 Å². The summed E-state index contributed by atoms with van der Waals surface area (Å²) in [4.78, 5) is 18.3. The van der Waals surface area contributed by atoms with Gasteiger partial charge in [0.2, 0.25) is 0 Å². The van der Waals surface area contributed by atoms with Gasteiger partial charge in [-0.2, -0.15) is 0 Å². The Balaban J connectivity index is 1.66. The maximum atomic E-state index is 12.8. The lowest BCUT2D eigenvalue weighted by molar-refractivity contribution is -0.0715. The summed E-state index contributed by atoms with van der Waals surface area (Å²) in [6.07, 6.45) is 2.81. The number of hydrogen-bond acceptors (Lipinski definition) is 4. The average Bonchev–Trinajstić information content (AvgIpc) is 3.06. The van der Waals surface area contributed by atoms with E-state index in [0.29, 0.717) is 6.04 Å². The first-order valence-electron chi connectivity index (χ1n) is 8.27. The standard InChI is InChI=1S/C17H26N2O2S/c1-12-6-8-22-16(12)17(20)19-7-4-5-15(19)11-18-9-13(2)21-14(3)10-18/h6,8,13-15H,4-5,7,9-11H2,1-3H3/t13-,14-,15+/m0/s1. The minimum Gasteiger partial charge on any atom is -0.373 e. The second kappa shape index (κ2) is 6.69. The van der Waals surface area contributed by atoms with Crippen molar-refractivity contribution in [3.05, 3.63) is 21.9 Å². The molecule has 2 saturated heterocycles. The van der Waals surface area contributed by atoms with Crippen LogP contribution in [0, 0.1) is 6.92 Å². The number of nitrogens with zero attached hydrogens (tertiary/aromatic N) is 2. The van der Waals surface area contributed by atoms with Crippen molar-refractivity contribution in [1.29, 1.82) is 0 Å². The molecule has 0 aliphatic carbocycles. The molecule has 3 heterocycles. The predicted molar refractivity (Wildman–Crippen MR) is 89.6 cm³/mol. The van der Waals surface area contributed by atoms with Crippen molar-refractivity contribution in [2.24, 2.45) is 0 Å². The molecular formula is C17H26N2O2S. The lowest BCUT2D eigenvalue weighted by Crippen LogP contribution is -2.50. The maximum Gasteiger partial charge on any atom is 0.264 e. The fourth-order valence-electron chi connectivity index (χ4n) is 3.75. The first-order chi connectivity index (χ1) is 10.5. The lowest BCUT2D eigenvalue weighted by Gasteiger charge is -2.38. The third-order valence-corrected chi connectivity index (χ3v) is 5.66. The molecule has 2 aliphatic rings. The van der Waals surface area contributed by atoms with Crippen molar-refractivity contribution in [2.75, 3.05) is 26.2 Å². The van der Waals surface area contributed by atoms with Gasteiger partial charge >= 0.3 is 0 Å². The van der Waals surface area contributed by atoms with Crippen molar-refractivity contribution in [1.82, 2.24) is 9.80 Å². The van der Waals surface area contributed by atoms with Crippen LogP contribution in [0.4, 0.5) is 0 Å². The van der Waals surface area contributed by atoms with Gasteiger partial charge in [0.05, 0.1) is 17.1 Å². The highest BCUT2D eigenvalue weighted by molar-refractivity contribution is 7.12. The maximum absolute atomic E-state index is 12.8. The van der Waals surface area contributed by atoms with Gasteiger partial charge in [-0.25, -0.2) is 0 Å². The number of rotatable bonds is 3. The van der Waals surface area contributed by atoms with Crippen molar-refractivity contribution in [3.8, 4) is 0 Å². The first kappa shape index (κ1) is 16.0. The predicted octanol–water partition coefficient (Wildman–Crippen LogP) is 2.77. The second-order valence-electron chi connectivity index (χ2n) is 6.70. The summed E-state index contributed by atoms with van der Waals surface area (Å²) in [7, 11) is 0. The van der Waals surface area contributed by atoms with E-state index in [9.17, 15) is 4.79 Å². The van der Waals surface area contributed by atoms with Crippen molar-refractivity contribution >= 4 is 17.2 Å². The zero-order valence-corrected chi connectivity index (χ0v) is 14.6. The van der Waals surface area contributed by atoms with E-state index in [2.05, 4.69) is 23.6 Å². The first-order valence-corrected chi connectivity index (χ1v) is 9.15. The molecule has 0 bridgehead atoms. The quantitative estimate of drug-likeness (QED) is 0.858. The monoisotopic (exact) mass is 322 g/mol. The highest BCUT2D eigenvalue weighted by atomic mass is 32.1. The van der Waals surface area contributed by atoms with Crippen LogP contribution in [0.3, 0.4) is 0 Å². The third-order valence-electron chi connectivity index (χ3n) is 4.66. The second-order valence-corrected chi connectivity index (χ2v) is 7.62. The fourth-order valence-corrected chi connectivity index (χ4v) is 4.63. The minimum atomic E-state index is 0.226. The molecule has 1 aromatic heterocycles. The van der Waals surface area contributed by atoms with E-state index in [-0.39, 0.29) is 18.1 Å². The molecule has 0 radical (unpaired) electrons. The SMILES string of the molecule is Cc1ccsc1C(=O)N1CCC[C@@H]1CN1C[C@H](C)O[C@@H](C)C1. The summed E-state index contributed by atoms with van der Waals surface area (Å²) in [5.74, 6) is 0.226. The Labute approximate surface area is 137 Å². The van der Waals surface area contributed by atoms with E-state index >= 15 is 0 Å². The Morgan fingerprint density at radius 2 is 2.09 bits per heavy atom. The Bertz CT molecular complexity index is 520. The van der Waals surface area contributed by atoms with E-state index in [1.54, 1.807) is 11.3 Å². The van der Waals surface area contributed by atoms with E-state index in [1.807, 2.05) is 18.4 Å². The van der Waals surface area contributed by atoms with Crippen molar-refractivity contribution in [3.63, 3.8) is 0 Å². The average molecular weight is 322 g/mol. The number of hydrogen-bond donors (Lipinski definition) is 0. The molecule has 1 aromatic rings. The number of morpholine rings is 1. The van der Waals surface area contributed by atoms with Gasteiger partial charge in [-0.1, -0.05) is 0 Å². The van der Waals surface area contributed by atoms with Crippen LogP contribution < -0.4 is 0 Å². The smallest absolute Gasteiger partial charge is 0.264 e. The molecule has 0 spiro atoms. The van der Waals surface area contributed by atoms with Gasteiger partial charge in [0.1, 0.15) is 0 Å². The number of carbonyl (C=O) groups excluding carboxylic acids is 1. The number of thiophene rings is 1. The molecule has 122 valence electrons. The highest BCUT2D eigenvalue weighted by Gasteiger charge is 2.33. The Morgan fingerprint density at radius 1 is 1.36 bits per heavy atom. The summed E-state index contributed by atoms with van der Waals surface area (Å²) in [6, 6.07) is 2.39. The van der Waals surface area contributed by atoms with Crippen molar-refractivity contribution in [2.45, 2.75) is 51.9 Å². The van der Waals surface area contributed by atoms with Crippen LogP contribution in [0.5, 0.6) is 0 Å². The van der Waals surface area contributed by atoms with Crippen LogP contribution in [-0.2, 0) is 4.74 Å². The normalized spacial score (nSPS) is 30.0. The molecule has 1 amide bonds. The molecule has 2 fully saturated rings. The number of ether oxygens (including phenoxy) is 1. The molecule has 5 heteroatoms. The fraction of sp³-hybridized carbons (Fsp3) is 0.706. The van der Waals surface area contributed by atoms with Gasteiger partial charge in [-0.15, -0.1) is 11.3 Å². The van der Waals surface area contributed by atoms with Gasteiger partial charge in [-0.05, 0) is 50.6 Å². The van der Waals surface area contributed by atoms with Crippen LogP contribution in [0.25, 0.3) is 0 Å². The molecular weight excluding hydrogens is 296 g/mol. The molecule has 0 saturated carbocycles. The third kappa shape index (κ3) is 3.36. The minimum absolute atomic E-state index is 0.226. The molecule has 0 aromatic carbocycles. The van der Waals surface area contributed by atoms with Gasteiger partial charge in [0.15, 0.2) is 0 Å². The van der Waals surface area contributed by atoms with Crippen LogP contribution in [0.1, 0.15) is 41.9 Å². The van der Waals surface area contributed by atoms with E-state index in [0.717, 1.165) is 49.5 Å². The Morgan fingerprint density at radius 3 is 2.73 bits per heavy atom. The Hall–Kier alpha value is -0.910. The number of carbonyl (C=O) groups is 1. The van der Waals surface area contributed by atoms with Gasteiger partial charge in [0.25, 0.3) is 5.91 Å². The number of amides is 1. The summed E-state index contributed by atoms with van der Waals surface area (Å²) >= 11 is 1.57. The van der Waals surface area contributed by atoms with Gasteiger partial charge < -0.3 is 9.64 Å². The summed E-state index contributed by atoms with van der Waals surface area (Å²) in [6.45, 7) is 10.1. The van der Waals surface area contributed by atoms with E-state index in [1.165, 1.54) is 0 Å². The molecule has 22 heavy (non-hydrogen) atoms. The van der Waals surface area contributed by atoms with Crippen LogP contribution in [-0.4, -0.2) is 60.1 Å². The molecule has 0 unspecified atom stereocenters. The lowest BCUT2D eigenvalue weighted by atomic mass is 10.1. The van der Waals surface area contributed by atoms with Gasteiger partial charge in [0, 0.05) is 32.2 Å². The summed E-state index contributed by atoms with van der Waals surface area (Å²) < 4.78 is 5.81. The van der Waals surface area contributed by atoms with Crippen molar-refractivity contribution < 1.29 is 9.53 Å². The molecule has 4 nitrogen and oxygen atoms in total. The highest BCUT2D eigenvalue weighted by Crippen LogP contribution is 2.25. The molecule has 2 aliphatic heterocycles. The molecule has 0 N–H and O–H groups in total. The number of likely N-dealkylation sites (tertiary alicyclic amines) is 1. The zero-order valence-electron chi connectivity index (χ0n) is 13.7. The zero-order chi connectivity index (χ0) is 15.7. The number of aryl methyl sites for hydroxylation is 1. The largest absolute Gasteiger partial charge is 0.373 e. The topological polar surface area (TPSA) is 32.8 Å². The van der Waals surface area contributed by atoms with E-state index < -0.39 is 0 Å². The Kier molecular flexibility index (Phi) is 4.85. The van der Waals surface area contributed by atoms with Gasteiger partial charge in [-0.3, -0.25) is 9.69 Å². The molecule has 3 rings (SSSR count). The van der Waals surface area contributed by atoms with Crippen LogP contribution in [0.2, 0.25) is 0 Å². The summed E-state index contributed by atoms with van der Waals surface area (Å²) in [5, 5.41) is 2.01. The molecule has 3 atom stereocenters.